The molecule has 1 saturated heterocycles. The highest BCUT2D eigenvalue weighted by Crippen LogP contribution is 2.31. The Labute approximate surface area is 196 Å². The Hall–Kier alpha value is -2.39. The predicted molar refractivity (Wildman–Crippen MR) is 129 cm³/mol. The maximum Gasteiger partial charge on any atom is 0.346 e. The molecular weight excluding hydrogens is 468 g/mol. The largest absolute Gasteiger partial charge is 0.477 e. The smallest absolute Gasteiger partial charge is 0.346 e. The van der Waals surface area contributed by atoms with Crippen molar-refractivity contribution < 1.29 is 18.3 Å². The first-order valence-electron chi connectivity index (χ1n) is 10.2. The zero-order chi connectivity index (χ0) is 22.7. The number of halogens is 1. The minimum Gasteiger partial charge on any atom is -0.477 e. The minimum absolute atomic E-state index is 0.0309. The number of benzene rings is 2. The van der Waals surface area contributed by atoms with Gasteiger partial charge >= 0.3 is 5.97 Å². The standard InChI is InChI=1S/C23H23ClN2O4S2/c24-18-6-4-16(5-7-18)15-32(29,30)26-11-8-19(9-12-26)25-20-3-1-2-17(14-20)21-10-13-31-22(21)23(27)28/h1-7,10,13-14,19,25H,8-9,11-12,15H2,(H,27,28). The number of rotatable bonds is 7. The van der Waals surface area contributed by atoms with E-state index in [4.69, 9.17) is 11.6 Å². The minimum atomic E-state index is -3.39. The number of thiophene rings is 1. The molecule has 0 bridgehead atoms. The number of carboxylic acid groups (broad SMARTS) is 1. The number of sulfonamides is 1. The van der Waals surface area contributed by atoms with Crippen molar-refractivity contribution in [1.29, 1.82) is 0 Å². The summed E-state index contributed by atoms with van der Waals surface area (Å²) in [6.45, 7) is 0.919. The lowest BCUT2D eigenvalue weighted by atomic mass is 10.0. The number of nitrogens with one attached hydrogen (secondary N) is 1. The fourth-order valence-electron chi connectivity index (χ4n) is 3.88. The van der Waals surface area contributed by atoms with Gasteiger partial charge in [-0.1, -0.05) is 35.9 Å². The average Bonchev–Trinajstić information content (AvgIpc) is 3.26. The summed E-state index contributed by atoms with van der Waals surface area (Å²) in [5.74, 6) is -0.961. The van der Waals surface area contributed by atoms with E-state index in [9.17, 15) is 18.3 Å². The molecule has 0 spiro atoms. The molecule has 0 atom stereocenters. The van der Waals surface area contributed by atoms with Gasteiger partial charge in [0.15, 0.2) is 0 Å². The Bertz CT molecular complexity index is 1200. The fourth-order valence-corrected chi connectivity index (χ4v) is 6.32. The molecule has 0 saturated carbocycles. The van der Waals surface area contributed by atoms with E-state index in [0.29, 0.717) is 41.4 Å². The SMILES string of the molecule is O=C(O)c1sccc1-c1cccc(NC2CCN(S(=O)(=O)Cc3ccc(Cl)cc3)CC2)c1. The molecule has 168 valence electrons. The van der Waals surface area contributed by atoms with Crippen LogP contribution in [0.15, 0.2) is 60.0 Å². The van der Waals surface area contributed by atoms with Crippen LogP contribution in [0, 0.1) is 0 Å². The molecule has 2 aromatic carbocycles. The van der Waals surface area contributed by atoms with Gasteiger partial charge in [-0.3, -0.25) is 0 Å². The molecule has 6 nitrogen and oxygen atoms in total. The van der Waals surface area contributed by atoms with E-state index in [1.165, 1.54) is 11.3 Å². The van der Waals surface area contributed by atoms with E-state index in [2.05, 4.69) is 5.32 Å². The van der Waals surface area contributed by atoms with Crippen LogP contribution in [0.3, 0.4) is 0 Å². The molecule has 0 unspecified atom stereocenters. The van der Waals surface area contributed by atoms with Crippen LogP contribution in [-0.4, -0.2) is 42.9 Å². The summed E-state index contributed by atoms with van der Waals surface area (Å²) in [6.07, 6.45) is 1.39. The van der Waals surface area contributed by atoms with Crippen molar-refractivity contribution >= 4 is 44.6 Å². The Balaban J connectivity index is 1.37. The van der Waals surface area contributed by atoms with Crippen molar-refractivity contribution in [3.8, 4) is 11.1 Å². The van der Waals surface area contributed by atoms with Crippen LogP contribution in [0.2, 0.25) is 5.02 Å². The van der Waals surface area contributed by atoms with Gasteiger partial charge in [-0.05, 0) is 59.7 Å². The number of hydrogen-bond acceptors (Lipinski definition) is 5. The third-order valence-electron chi connectivity index (χ3n) is 5.51. The molecule has 2 N–H and O–H groups in total. The maximum atomic E-state index is 12.8. The van der Waals surface area contributed by atoms with Crippen LogP contribution >= 0.6 is 22.9 Å². The van der Waals surface area contributed by atoms with Crippen LogP contribution < -0.4 is 5.32 Å². The lowest BCUT2D eigenvalue weighted by molar-refractivity contribution is 0.0703. The number of carboxylic acids is 1. The van der Waals surface area contributed by atoms with E-state index in [1.54, 1.807) is 34.0 Å². The van der Waals surface area contributed by atoms with Crippen LogP contribution in [0.5, 0.6) is 0 Å². The molecule has 1 aliphatic heterocycles. The van der Waals surface area contributed by atoms with Crippen molar-refractivity contribution in [1.82, 2.24) is 4.31 Å². The summed E-state index contributed by atoms with van der Waals surface area (Å²) in [5.41, 5.74) is 3.17. The van der Waals surface area contributed by atoms with Gasteiger partial charge in [0, 0.05) is 35.4 Å². The van der Waals surface area contributed by atoms with E-state index >= 15 is 0 Å². The fraction of sp³-hybridized carbons (Fsp3) is 0.261. The number of nitrogens with zero attached hydrogens (tertiary/aromatic N) is 1. The first-order chi connectivity index (χ1) is 15.3. The number of hydrogen-bond donors (Lipinski definition) is 2. The zero-order valence-electron chi connectivity index (χ0n) is 17.2. The summed E-state index contributed by atoms with van der Waals surface area (Å²) >= 11 is 7.09. The maximum absolute atomic E-state index is 12.8. The highest BCUT2D eigenvalue weighted by Gasteiger charge is 2.28. The first kappa shape index (κ1) is 22.8. The number of carbonyl (C=O) groups is 1. The van der Waals surface area contributed by atoms with E-state index in [1.807, 2.05) is 30.3 Å². The van der Waals surface area contributed by atoms with Crippen molar-refractivity contribution in [3.05, 3.63) is 75.4 Å². The summed E-state index contributed by atoms with van der Waals surface area (Å²) < 4.78 is 27.1. The summed E-state index contributed by atoms with van der Waals surface area (Å²) in [7, 11) is -3.39. The van der Waals surface area contributed by atoms with Crippen LogP contribution in [0.4, 0.5) is 5.69 Å². The van der Waals surface area contributed by atoms with Gasteiger partial charge in [0.2, 0.25) is 10.0 Å². The monoisotopic (exact) mass is 490 g/mol. The average molecular weight is 491 g/mol. The van der Waals surface area contributed by atoms with Gasteiger partial charge < -0.3 is 10.4 Å². The highest BCUT2D eigenvalue weighted by molar-refractivity contribution is 7.88. The topological polar surface area (TPSA) is 86.7 Å². The summed E-state index contributed by atoms with van der Waals surface area (Å²) in [6, 6.07) is 16.5. The second-order valence-corrected chi connectivity index (χ2v) is 11.1. The third kappa shape index (κ3) is 5.32. The number of piperidine rings is 1. The van der Waals surface area contributed by atoms with Crippen molar-refractivity contribution in [2.24, 2.45) is 0 Å². The molecule has 1 aliphatic rings. The molecular formula is C23H23ClN2O4S2. The first-order valence-corrected chi connectivity index (χ1v) is 13.1. The summed E-state index contributed by atoms with van der Waals surface area (Å²) in [4.78, 5) is 11.8. The number of aromatic carboxylic acids is 1. The molecule has 9 heteroatoms. The molecule has 0 radical (unpaired) electrons. The molecule has 32 heavy (non-hydrogen) atoms. The lowest BCUT2D eigenvalue weighted by Crippen LogP contribution is -2.42. The van der Waals surface area contributed by atoms with Crippen LogP contribution in [-0.2, 0) is 15.8 Å². The molecule has 3 aromatic rings. The second-order valence-electron chi connectivity index (χ2n) is 7.75. The molecule has 1 fully saturated rings. The van der Waals surface area contributed by atoms with E-state index < -0.39 is 16.0 Å². The Kier molecular flexibility index (Phi) is 6.85. The molecule has 1 aromatic heterocycles. The normalized spacial score (nSPS) is 15.5. The molecule has 4 rings (SSSR count). The van der Waals surface area contributed by atoms with Gasteiger partial charge in [0.1, 0.15) is 4.88 Å². The lowest BCUT2D eigenvalue weighted by Gasteiger charge is -2.32. The Morgan fingerprint density at radius 2 is 1.84 bits per heavy atom. The number of anilines is 1. The van der Waals surface area contributed by atoms with Crippen LogP contribution in [0.25, 0.3) is 11.1 Å². The molecule has 2 heterocycles. The van der Waals surface area contributed by atoms with Gasteiger partial charge in [-0.2, -0.15) is 0 Å². The second kappa shape index (κ2) is 9.62. The summed E-state index contributed by atoms with van der Waals surface area (Å²) in [5, 5.41) is 15.2. The van der Waals surface area contributed by atoms with E-state index in [0.717, 1.165) is 16.8 Å². The highest BCUT2D eigenvalue weighted by atomic mass is 35.5. The zero-order valence-corrected chi connectivity index (χ0v) is 19.6. The van der Waals surface area contributed by atoms with Gasteiger partial charge in [-0.25, -0.2) is 17.5 Å². The predicted octanol–water partition coefficient (Wildman–Crippen LogP) is 5.17. The molecule has 0 aliphatic carbocycles. The Morgan fingerprint density at radius 3 is 2.53 bits per heavy atom. The van der Waals surface area contributed by atoms with Crippen LogP contribution in [0.1, 0.15) is 28.1 Å². The quantitative estimate of drug-likeness (QED) is 0.477. The van der Waals surface area contributed by atoms with E-state index in [-0.39, 0.29) is 11.8 Å². The van der Waals surface area contributed by atoms with Crippen molar-refractivity contribution in [3.63, 3.8) is 0 Å². The van der Waals surface area contributed by atoms with Gasteiger partial charge in [0.05, 0.1) is 5.75 Å². The van der Waals surface area contributed by atoms with Crippen molar-refractivity contribution in [2.75, 3.05) is 18.4 Å². The van der Waals surface area contributed by atoms with Gasteiger partial charge in [-0.15, -0.1) is 11.3 Å². The third-order valence-corrected chi connectivity index (χ3v) is 8.52. The van der Waals surface area contributed by atoms with Gasteiger partial charge in [0.25, 0.3) is 0 Å². The Morgan fingerprint density at radius 1 is 1.12 bits per heavy atom. The molecule has 0 amide bonds. The van der Waals surface area contributed by atoms with Crippen molar-refractivity contribution in [2.45, 2.75) is 24.6 Å².